The smallest absolute Gasteiger partial charge is 0.332 e. The van der Waals surface area contributed by atoms with E-state index >= 15 is 0 Å². The van der Waals surface area contributed by atoms with Crippen molar-refractivity contribution in [1.82, 2.24) is 24.4 Å². The number of hydrogen-bond donors (Lipinski definition) is 1. The molecule has 4 rings (SSSR count). The van der Waals surface area contributed by atoms with E-state index in [1.807, 2.05) is 42.5 Å². The fourth-order valence-electron chi connectivity index (χ4n) is 3.66. The van der Waals surface area contributed by atoms with Crippen molar-refractivity contribution >= 4 is 28.7 Å². The summed E-state index contributed by atoms with van der Waals surface area (Å²) >= 11 is 1.13. The van der Waals surface area contributed by atoms with Gasteiger partial charge in [0.25, 0.3) is 5.56 Å². The van der Waals surface area contributed by atoms with Crippen LogP contribution in [0.15, 0.2) is 69.2 Å². The summed E-state index contributed by atoms with van der Waals surface area (Å²) in [6.45, 7) is 0.497. The number of aromatic nitrogens is 4. The van der Waals surface area contributed by atoms with Gasteiger partial charge in [0.15, 0.2) is 11.5 Å². The van der Waals surface area contributed by atoms with Gasteiger partial charge in [-0.3, -0.25) is 18.7 Å². The number of nitrogens with zero attached hydrogens (tertiary/aromatic N) is 4. The van der Waals surface area contributed by atoms with Crippen molar-refractivity contribution in [3.05, 3.63) is 81.0 Å². The lowest BCUT2D eigenvalue weighted by atomic mass is 10.1. The molecule has 1 amide bonds. The standard InChI is InChI=1S/C25H25N5O4S/c1-29-22-20(24(32)30(2)25(29)33)23(28-21(27-22)17-11-7-8-12-18(17)34-3)35-15-19(31)26-14-13-16-9-5-4-6-10-16/h4-12H,13-15H2,1-3H3,(H,26,31). The van der Waals surface area contributed by atoms with Gasteiger partial charge in [-0.1, -0.05) is 54.2 Å². The van der Waals surface area contributed by atoms with Crippen LogP contribution in [0.1, 0.15) is 5.56 Å². The molecule has 0 fully saturated rings. The lowest BCUT2D eigenvalue weighted by Crippen LogP contribution is -2.37. The summed E-state index contributed by atoms with van der Waals surface area (Å²) < 4.78 is 7.76. The number of benzene rings is 2. The van der Waals surface area contributed by atoms with Crippen LogP contribution in [0.4, 0.5) is 0 Å². The van der Waals surface area contributed by atoms with Crippen LogP contribution in [0.25, 0.3) is 22.4 Å². The summed E-state index contributed by atoms with van der Waals surface area (Å²) in [5.74, 6) is 0.719. The average Bonchev–Trinajstić information content (AvgIpc) is 2.89. The van der Waals surface area contributed by atoms with E-state index in [1.54, 1.807) is 26.3 Å². The van der Waals surface area contributed by atoms with Gasteiger partial charge in [0.1, 0.15) is 16.2 Å². The maximum Gasteiger partial charge on any atom is 0.332 e. The third-order valence-electron chi connectivity index (χ3n) is 5.53. The Morgan fingerprint density at radius 1 is 1.00 bits per heavy atom. The van der Waals surface area contributed by atoms with Gasteiger partial charge in [-0.2, -0.15) is 0 Å². The zero-order valence-corrected chi connectivity index (χ0v) is 20.5. The van der Waals surface area contributed by atoms with Gasteiger partial charge >= 0.3 is 5.69 Å². The summed E-state index contributed by atoms with van der Waals surface area (Å²) in [4.78, 5) is 47.2. The molecular formula is C25H25N5O4S. The van der Waals surface area contributed by atoms with Crippen LogP contribution in [0, 0.1) is 0 Å². The zero-order chi connectivity index (χ0) is 24.9. The lowest BCUT2D eigenvalue weighted by Gasteiger charge is -2.13. The number of fused-ring (bicyclic) bond motifs is 1. The highest BCUT2D eigenvalue weighted by molar-refractivity contribution is 8.00. The molecule has 0 aliphatic carbocycles. The molecule has 0 saturated heterocycles. The number of thioether (sulfide) groups is 1. The summed E-state index contributed by atoms with van der Waals surface area (Å²) in [6.07, 6.45) is 0.717. The molecule has 0 spiro atoms. The van der Waals surface area contributed by atoms with Gasteiger partial charge < -0.3 is 10.1 Å². The summed E-state index contributed by atoms with van der Waals surface area (Å²) in [5, 5.41) is 3.41. The van der Waals surface area contributed by atoms with E-state index in [2.05, 4.69) is 15.3 Å². The maximum atomic E-state index is 13.0. The van der Waals surface area contributed by atoms with Crippen LogP contribution in [0.5, 0.6) is 5.75 Å². The SMILES string of the molecule is COc1ccccc1-c1nc(SCC(=O)NCCc2ccccc2)c2c(=O)n(C)c(=O)n(C)c2n1. The molecule has 1 N–H and O–H groups in total. The number of hydrogen-bond acceptors (Lipinski definition) is 7. The Morgan fingerprint density at radius 3 is 2.46 bits per heavy atom. The van der Waals surface area contributed by atoms with Crippen molar-refractivity contribution < 1.29 is 9.53 Å². The van der Waals surface area contributed by atoms with E-state index in [0.29, 0.717) is 35.1 Å². The predicted molar refractivity (Wildman–Crippen MR) is 136 cm³/mol. The fraction of sp³-hybridized carbons (Fsp3) is 0.240. The summed E-state index contributed by atoms with van der Waals surface area (Å²) in [6, 6.07) is 17.1. The highest BCUT2D eigenvalue weighted by Crippen LogP contribution is 2.30. The van der Waals surface area contributed by atoms with Crippen LogP contribution in [-0.4, -0.2) is 44.4 Å². The van der Waals surface area contributed by atoms with Crippen molar-refractivity contribution in [2.24, 2.45) is 14.1 Å². The molecular weight excluding hydrogens is 466 g/mol. The molecule has 0 unspecified atom stereocenters. The van der Waals surface area contributed by atoms with Gasteiger partial charge in [-0.25, -0.2) is 14.8 Å². The molecule has 0 aliphatic heterocycles. The molecule has 0 bridgehead atoms. The number of nitrogens with one attached hydrogen (secondary N) is 1. The fourth-order valence-corrected chi connectivity index (χ4v) is 4.50. The summed E-state index contributed by atoms with van der Waals surface area (Å²) in [7, 11) is 4.50. The molecule has 0 aliphatic rings. The second-order valence-corrected chi connectivity index (χ2v) is 8.80. The van der Waals surface area contributed by atoms with Crippen LogP contribution < -0.4 is 21.3 Å². The minimum Gasteiger partial charge on any atom is -0.496 e. The van der Waals surface area contributed by atoms with Crippen LogP contribution in [-0.2, 0) is 25.3 Å². The first kappa shape index (κ1) is 24.2. The van der Waals surface area contributed by atoms with Gasteiger partial charge in [-0.15, -0.1) is 0 Å². The lowest BCUT2D eigenvalue weighted by molar-refractivity contribution is -0.118. The number of carbonyl (C=O) groups excluding carboxylic acids is 1. The number of rotatable bonds is 8. The Labute approximate surface area is 205 Å². The quantitative estimate of drug-likeness (QED) is 0.297. The molecule has 4 aromatic rings. The van der Waals surface area contributed by atoms with Crippen molar-refractivity contribution in [2.45, 2.75) is 11.4 Å². The highest BCUT2D eigenvalue weighted by atomic mass is 32.2. The predicted octanol–water partition coefficient (Wildman–Crippen LogP) is 2.15. The molecule has 2 heterocycles. The van der Waals surface area contributed by atoms with E-state index in [1.165, 1.54) is 11.6 Å². The number of ether oxygens (including phenoxy) is 1. The number of amides is 1. The minimum atomic E-state index is -0.512. The van der Waals surface area contributed by atoms with E-state index in [9.17, 15) is 14.4 Å². The Hall–Kier alpha value is -3.92. The molecule has 10 heteroatoms. The number of carbonyl (C=O) groups is 1. The molecule has 0 radical (unpaired) electrons. The van der Waals surface area contributed by atoms with Crippen LogP contribution in [0.3, 0.4) is 0 Å². The first-order valence-electron chi connectivity index (χ1n) is 10.9. The van der Waals surface area contributed by atoms with Crippen molar-refractivity contribution in [3.8, 4) is 17.1 Å². The second-order valence-electron chi connectivity index (χ2n) is 7.83. The maximum absolute atomic E-state index is 13.0. The third kappa shape index (κ3) is 5.12. The molecule has 35 heavy (non-hydrogen) atoms. The molecule has 0 saturated carbocycles. The molecule has 2 aromatic heterocycles. The summed E-state index contributed by atoms with van der Waals surface area (Å²) in [5.41, 5.74) is 0.928. The topological polar surface area (TPSA) is 108 Å². The van der Waals surface area contributed by atoms with Gasteiger partial charge in [0, 0.05) is 20.6 Å². The van der Waals surface area contributed by atoms with E-state index in [4.69, 9.17) is 4.74 Å². The second kappa shape index (κ2) is 10.6. The van der Waals surface area contributed by atoms with Crippen molar-refractivity contribution in [1.29, 1.82) is 0 Å². The van der Waals surface area contributed by atoms with Gasteiger partial charge in [-0.05, 0) is 24.1 Å². The number of methoxy groups -OCH3 is 1. The largest absolute Gasteiger partial charge is 0.496 e. The minimum absolute atomic E-state index is 0.0538. The number of para-hydroxylation sites is 1. The molecule has 0 atom stereocenters. The molecule has 2 aromatic carbocycles. The number of aryl methyl sites for hydroxylation is 1. The Bertz CT molecular complexity index is 1500. The highest BCUT2D eigenvalue weighted by Gasteiger charge is 2.20. The third-order valence-corrected chi connectivity index (χ3v) is 6.51. The molecule has 180 valence electrons. The van der Waals surface area contributed by atoms with E-state index in [-0.39, 0.29) is 22.7 Å². The van der Waals surface area contributed by atoms with E-state index < -0.39 is 11.2 Å². The monoisotopic (exact) mass is 491 g/mol. The first-order valence-corrected chi connectivity index (χ1v) is 11.9. The van der Waals surface area contributed by atoms with Crippen molar-refractivity contribution in [3.63, 3.8) is 0 Å². The van der Waals surface area contributed by atoms with Crippen LogP contribution >= 0.6 is 11.8 Å². The average molecular weight is 492 g/mol. The zero-order valence-electron chi connectivity index (χ0n) is 19.6. The molecule has 9 nitrogen and oxygen atoms in total. The van der Waals surface area contributed by atoms with E-state index in [0.717, 1.165) is 21.9 Å². The normalized spacial score (nSPS) is 10.9. The van der Waals surface area contributed by atoms with Gasteiger partial charge in [0.05, 0.1) is 18.4 Å². The Morgan fingerprint density at radius 2 is 1.71 bits per heavy atom. The van der Waals surface area contributed by atoms with Crippen molar-refractivity contribution in [2.75, 3.05) is 19.4 Å². The van der Waals surface area contributed by atoms with Crippen LogP contribution in [0.2, 0.25) is 0 Å². The van der Waals surface area contributed by atoms with Gasteiger partial charge in [0.2, 0.25) is 5.91 Å². The first-order chi connectivity index (χ1) is 16.9. The Balaban J connectivity index is 1.67. The Kier molecular flexibility index (Phi) is 7.31.